The molecular formula is C11H19N3. The van der Waals surface area contributed by atoms with E-state index in [1.807, 2.05) is 13.1 Å². The van der Waals surface area contributed by atoms with E-state index >= 15 is 0 Å². The summed E-state index contributed by atoms with van der Waals surface area (Å²) in [4.78, 5) is 7.47. The summed E-state index contributed by atoms with van der Waals surface area (Å²) < 4.78 is 0. The van der Waals surface area contributed by atoms with Crippen molar-refractivity contribution in [3.05, 3.63) is 11.9 Å². The molecule has 0 radical (unpaired) electrons. The van der Waals surface area contributed by atoms with Crippen molar-refractivity contribution in [1.29, 1.82) is 0 Å². The molecule has 1 fully saturated rings. The van der Waals surface area contributed by atoms with E-state index in [0.29, 0.717) is 6.04 Å². The predicted octanol–water partition coefficient (Wildman–Crippen LogP) is 2.71. The van der Waals surface area contributed by atoms with Gasteiger partial charge in [0.1, 0.15) is 0 Å². The summed E-state index contributed by atoms with van der Waals surface area (Å²) in [6.45, 7) is 4.37. The molecule has 1 aliphatic carbocycles. The van der Waals surface area contributed by atoms with Crippen LogP contribution < -0.4 is 5.32 Å². The number of hydrogen-bond donors (Lipinski definition) is 2. The fourth-order valence-electron chi connectivity index (χ4n) is 2.08. The van der Waals surface area contributed by atoms with Gasteiger partial charge in [-0.05, 0) is 38.5 Å². The second-order valence-corrected chi connectivity index (χ2v) is 4.52. The van der Waals surface area contributed by atoms with Crippen LogP contribution >= 0.6 is 0 Å². The number of rotatable bonds is 2. The molecule has 0 aliphatic heterocycles. The van der Waals surface area contributed by atoms with Gasteiger partial charge in [0.05, 0.1) is 0 Å². The lowest BCUT2D eigenvalue weighted by atomic mass is 9.87. The Bertz CT molecular complexity index is 284. The lowest BCUT2D eigenvalue weighted by Gasteiger charge is -2.26. The van der Waals surface area contributed by atoms with E-state index in [4.69, 9.17) is 0 Å². The molecule has 0 bridgehead atoms. The maximum Gasteiger partial charge on any atom is 0.200 e. The molecule has 1 saturated carbocycles. The average Bonchev–Trinajstić information content (AvgIpc) is 2.56. The van der Waals surface area contributed by atoms with Crippen LogP contribution in [0.3, 0.4) is 0 Å². The van der Waals surface area contributed by atoms with Gasteiger partial charge < -0.3 is 10.3 Å². The summed E-state index contributed by atoms with van der Waals surface area (Å²) in [5.74, 6) is 1.84. The maximum atomic E-state index is 4.26. The lowest BCUT2D eigenvalue weighted by molar-refractivity contribution is 0.360. The van der Waals surface area contributed by atoms with Crippen LogP contribution in [0, 0.1) is 12.8 Å². The summed E-state index contributed by atoms with van der Waals surface area (Å²) in [7, 11) is 0. The quantitative estimate of drug-likeness (QED) is 0.758. The van der Waals surface area contributed by atoms with Crippen LogP contribution in [-0.4, -0.2) is 16.0 Å². The summed E-state index contributed by atoms with van der Waals surface area (Å²) in [6, 6.07) is 0.622. The van der Waals surface area contributed by atoms with E-state index in [1.165, 1.54) is 25.7 Å². The summed E-state index contributed by atoms with van der Waals surface area (Å²) in [5.41, 5.74) is 1.12. The van der Waals surface area contributed by atoms with E-state index < -0.39 is 0 Å². The Labute approximate surface area is 85.3 Å². The van der Waals surface area contributed by atoms with Crippen molar-refractivity contribution >= 4 is 5.95 Å². The van der Waals surface area contributed by atoms with Crippen molar-refractivity contribution in [2.24, 2.45) is 5.92 Å². The molecule has 0 spiro atoms. The zero-order valence-corrected chi connectivity index (χ0v) is 9.01. The highest BCUT2D eigenvalue weighted by atomic mass is 15.1. The van der Waals surface area contributed by atoms with Crippen molar-refractivity contribution < 1.29 is 0 Å². The molecule has 14 heavy (non-hydrogen) atoms. The van der Waals surface area contributed by atoms with Crippen molar-refractivity contribution in [3.8, 4) is 0 Å². The zero-order chi connectivity index (χ0) is 9.97. The molecule has 2 N–H and O–H groups in total. The number of imidazole rings is 1. The summed E-state index contributed by atoms with van der Waals surface area (Å²) in [5, 5.41) is 3.46. The molecular weight excluding hydrogens is 174 g/mol. The number of nitrogens with one attached hydrogen (secondary N) is 2. The third-order valence-corrected chi connectivity index (χ3v) is 3.06. The molecule has 1 aliphatic rings. The third kappa shape index (κ3) is 2.28. The molecule has 3 heteroatoms. The molecule has 78 valence electrons. The van der Waals surface area contributed by atoms with Gasteiger partial charge in [0.25, 0.3) is 0 Å². The zero-order valence-electron chi connectivity index (χ0n) is 9.01. The monoisotopic (exact) mass is 193 g/mol. The van der Waals surface area contributed by atoms with E-state index in [2.05, 4.69) is 22.2 Å². The first-order valence-electron chi connectivity index (χ1n) is 5.52. The van der Waals surface area contributed by atoms with Crippen molar-refractivity contribution in [2.45, 2.75) is 45.6 Å². The van der Waals surface area contributed by atoms with Crippen LogP contribution in [-0.2, 0) is 0 Å². The van der Waals surface area contributed by atoms with Crippen LogP contribution in [0.5, 0.6) is 0 Å². The van der Waals surface area contributed by atoms with Crippen molar-refractivity contribution in [2.75, 3.05) is 5.32 Å². The number of aryl methyl sites for hydroxylation is 1. The van der Waals surface area contributed by atoms with Crippen LogP contribution in [0.1, 0.15) is 38.3 Å². The van der Waals surface area contributed by atoms with Gasteiger partial charge in [-0.2, -0.15) is 0 Å². The first-order valence-corrected chi connectivity index (χ1v) is 5.52. The second kappa shape index (κ2) is 4.03. The Morgan fingerprint density at radius 1 is 1.36 bits per heavy atom. The Morgan fingerprint density at radius 2 is 2.07 bits per heavy atom. The van der Waals surface area contributed by atoms with Crippen LogP contribution in [0.4, 0.5) is 5.95 Å². The molecule has 0 atom stereocenters. The van der Waals surface area contributed by atoms with Gasteiger partial charge >= 0.3 is 0 Å². The first kappa shape index (κ1) is 9.56. The molecule has 1 aromatic rings. The van der Waals surface area contributed by atoms with E-state index in [1.54, 1.807) is 0 Å². The number of hydrogen-bond acceptors (Lipinski definition) is 2. The lowest BCUT2D eigenvalue weighted by Crippen LogP contribution is -2.25. The second-order valence-electron chi connectivity index (χ2n) is 4.52. The minimum Gasteiger partial charge on any atom is -0.353 e. The molecule has 0 aromatic carbocycles. The smallest absolute Gasteiger partial charge is 0.200 e. The normalized spacial score (nSPS) is 27.6. The van der Waals surface area contributed by atoms with E-state index in [0.717, 1.165) is 17.6 Å². The SMILES string of the molecule is Cc1cnc(NC2CCC(C)CC2)[nH]1. The van der Waals surface area contributed by atoms with Gasteiger partial charge in [0, 0.05) is 17.9 Å². The van der Waals surface area contributed by atoms with Gasteiger partial charge in [-0.1, -0.05) is 6.92 Å². The number of anilines is 1. The fourth-order valence-corrected chi connectivity index (χ4v) is 2.08. The molecule has 0 saturated heterocycles. The Balaban J connectivity index is 1.86. The first-order chi connectivity index (χ1) is 6.74. The Morgan fingerprint density at radius 3 is 2.64 bits per heavy atom. The van der Waals surface area contributed by atoms with E-state index in [-0.39, 0.29) is 0 Å². The number of aromatic nitrogens is 2. The van der Waals surface area contributed by atoms with E-state index in [9.17, 15) is 0 Å². The van der Waals surface area contributed by atoms with Gasteiger partial charge in [-0.15, -0.1) is 0 Å². The van der Waals surface area contributed by atoms with Crippen molar-refractivity contribution in [1.82, 2.24) is 9.97 Å². The molecule has 2 rings (SSSR count). The number of H-pyrrole nitrogens is 1. The van der Waals surface area contributed by atoms with Crippen LogP contribution in [0.15, 0.2) is 6.20 Å². The van der Waals surface area contributed by atoms with Gasteiger partial charge in [0.2, 0.25) is 5.95 Å². The Kier molecular flexibility index (Phi) is 2.75. The molecule has 1 heterocycles. The molecule has 1 aromatic heterocycles. The summed E-state index contributed by atoms with van der Waals surface area (Å²) in [6.07, 6.45) is 7.12. The van der Waals surface area contributed by atoms with Gasteiger partial charge in [0.15, 0.2) is 0 Å². The topological polar surface area (TPSA) is 40.7 Å². The maximum absolute atomic E-state index is 4.26. The Hall–Kier alpha value is -0.990. The molecule has 0 unspecified atom stereocenters. The van der Waals surface area contributed by atoms with Gasteiger partial charge in [-0.3, -0.25) is 0 Å². The van der Waals surface area contributed by atoms with Crippen LogP contribution in [0.25, 0.3) is 0 Å². The highest BCUT2D eigenvalue weighted by Gasteiger charge is 2.18. The third-order valence-electron chi connectivity index (χ3n) is 3.06. The number of nitrogens with zero attached hydrogens (tertiary/aromatic N) is 1. The predicted molar refractivity (Wildman–Crippen MR) is 58.4 cm³/mol. The van der Waals surface area contributed by atoms with Crippen LogP contribution in [0.2, 0.25) is 0 Å². The fraction of sp³-hybridized carbons (Fsp3) is 0.727. The number of aromatic amines is 1. The largest absolute Gasteiger partial charge is 0.353 e. The van der Waals surface area contributed by atoms with Crippen molar-refractivity contribution in [3.63, 3.8) is 0 Å². The highest BCUT2D eigenvalue weighted by Crippen LogP contribution is 2.25. The minimum atomic E-state index is 0.622. The van der Waals surface area contributed by atoms with Gasteiger partial charge in [-0.25, -0.2) is 4.98 Å². The summed E-state index contributed by atoms with van der Waals surface area (Å²) >= 11 is 0. The average molecular weight is 193 g/mol. The standard InChI is InChI=1S/C11H19N3/c1-8-3-5-10(6-4-8)14-11-12-7-9(2)13-11/h7-8,10H,3-6H2,1-2H3,(H2,12,13,14). The molecule has 0 amide bonds. The minimum absolute atomic E-state index is 0.622. The molecule has 3 nitrogen and oxygen atoms in total. The highest BCUT2D eigenvalue weighted by molar-refractivity contribution is 5.27.